The first-order valence-electron chi connectivity index (χ1n) is 7.43. The fourth-order valence-corrected chi connectivity index (χ4v) is 4.66. The molecule has 3 aromatic rings. The zero-order chi connectivity index (χ0) is 18.7. The number of ether oxygens (including phenoxy) is 1. The van der Waals surface area contributed by atoms with E-state index >= 15 is 0 Å². The van der Waals surface area contributed by atoms with Crippen LogP contribution < -0.4 is 9.46 Å². The highest BCUT2D eigenvalue weighted by Crippen LogP contribution is 2.29. The Labute approximate surface area is 159 Å². The van der Waals surface area contributed by atoms with E-state index < -0.39 is 10.0 Å². The monoisotopic (exact) mass is 412 g/mol. The summed E-state index contributed by atoms with van der Waals surface area (Å²) in [5.74, 6) is 0.0890. The number of halogens is 2. The van der Waals surface area contributed by atoms with Crippen molar-refractivity contribution in [3.05, 3.63) is 69.9 Å². The second-order valence-electron chi connectivity index (χ2n) is 5.34. The number of nitrogens with zero attached hydrogens (tertiary/aromatic N) is 1. The predicted octanol–water partition coefficient (Wildman–Crippen LogP) is 4.34. The van der Waals surface area contributed by atoms with Gasteiger partial charge in [-0.3, -0.25) is 4.72 Å². The van der Waals surface area contributed by atoms with Gasteiger partial charge < -0.3 is 4.74 Å². The molecule has 0 aliphatic rings. The van der Waals surface area contributed by atoms with Crippen LogP contribution in [0.3, 0.4) is 0 Å². The van der Waals surface area contributed by atoms with Gasteiger partial charge in [-0.2, -0.15) is 0 Å². The first kappa shape index (κ1) is 18.6. The molecule has 1 N–H and O–H groups in total. The molecule has 0 atom stereocenters. The van der Waals surface area contributed by atoms with E-state index in [1.807, 2.05) is 0 Å². The quantitative estimate of drug-likeness (QED) is 0.654. The fourth-order valence-electron chi connectivity index (χ4n) is 2.23. The topological polar surface area (TPSA) is 68.3 Å². The van der Waals surface area contributed by atoms with Gasteiger partial charge in [0.05, 0.1) is 17.0 Å². The third-order valence-electron chi connectivity index (χ3n) is 3.50. The van der Waals surface area contributed by atoms with Gasteiger partial charge in [0.2, 0.25) is 0 Å². The highest BCUT2D eigenvalue weighted by atomic mass is 35.5. The summed E-state index contributed by atoms with van der Waals surface area (Å²) in [5, 5.41) is 0.445. The molecule has 1 heterocycles. The van der Waals surface area contributed by atoms with E-state index in [-0.39, 0.29) is 20.9 Å². The molecule has 0 fully saturated rings. The zero-order valence-electron chi connectivity index (χ0n) is 13.6. The number of aromatic nitrogens is 1. The number of hydrogen-bond acceptors (Lipinski definition) is 5. The van der Waals surface area contributed by atoms with Gasteiger partial charge in [0.15, 0.2) is 5.13 Å². The van der Waals surface area contributed by atoms with E-state index in [0.29, 0.717) is 12.2 Å². The lowest BCUT2D eigenvalue weighted by molar-refractivity contribution is 0.414. The Kier molecular flexibility index (Phi) is 5.45. The first-order valence-corrected chi connectivity index (χ1v) is 10.1. The molecule has 26 heavy (non-hydrogen) atoms. The van der Waals surface area contributed by atoms with Gasteiger partial charge in [-0.15, -0.1) is 11.3 Å². The standard InChI is InChI=1S/C17H14ClFN2O3S2/c1-24-16-7-6-14(9-15(16)18)26(22,23)21-17-20-10-13(25-17)8-11-2-4-12(19)5-3-11/h2-7,9-10H,8H2,1H3,(H,20,21). The largest absolute Gasteiger partial charge is 0.495 e. The summed E-state index contributed by atoms with van der Waals surface area (Å²) in [5.41, 5.74) is 0.909. The van der Waals surface area contributed by atoms with Crippen LogP contribution in [0.25, 0.3) is 0 Å². The Morgan fingerprint density at radius 2 is 1.96 bits per heavy atom. The van der Waals surface area contributed by atoms with Crippen molar-refractivity contribution < 1.29 is 17.5 Å². The summed E-state index contributed by atoms with van der Waals surface area (Å²) in [4.78, 5) is 4.95. The summed E-state index contributed by atoms with van der Waals surface area (Å²) >= 11 is 7.20. The molecule has 0 saturated carbocycles. The third-order valence-corrected chi connectivity index (χ3v) is 6.17. The van der Waals surface area contributed by atoms with Crippen LogP contribution in [0.2, 0.25) is 5.02 Å². The number of thiazole rings is 1. The third kappa shape index (κ3) is 4.32. The van der Waals surface area contributed by atoms with Gasteiger partial charge in [0.25, 0.3) is 10.0 Å². The van der Waals surface area contributed by atoms with Gasteiger partial charge in [0, 0.05) is 17.5 Å². The van der Waals surface area contributed by atoms with Crippen molar-refractivity contribution in [2.75, 3.05) is 11.8 Å². The SMILES string of the molecule is COc1ccc(S(=O)(=O)Nc2ncc(Cc3ccc(F)cc3)s2)cc1Cl. The number of anilines is 1. The Hall–Kier alpha value is -2.16. The molecule has 0 radical (unpaired) electrons. The lowest BCUT2D eigenvalue weighted by atomic mass is 10.1. The number of rotatable bonds is 6. The van der Waals surface area contributed by atoms with Gasteiger partial charge in [-0.25, -0.2) is 17.8 Å². The fraction of sp³-hybridized carbons (Fsp3) is 0.118. The maximum atomic E-state index is 12.9. The molecule has 0 bridgehead atoms. The molecule has 0 aliphatic carbocycles. The van der Waals surface area contributed by atoms with E-state index in [1.165, 1.54) is 48.8 Å². The second kappa shape index (κ2) is 7.61. The van der Waals surface area contributed by atoms with E-state index in [0.717, 1.165) is 10.4 Å². The molecular weight excluding hydrogens is 399 g/mol. The van der Waals surface area contributed by atoms with Crippen molar-refractivity contribution in [2.45, 2.75) is 11.3 Å². The highest BCUT2D eigenvalue weighted by Gasteiger charge is 2.18. The van der Waals surface area contributed by atoms with Crippen molar-refractivity contribution in [3.8, 4) is 5.75 Å². The van der Waals surface area contributed by atoms with Crippen LogP contribution in [-0.2, 0) is 16.4 Å². The number of sulfonamides is 1. The van der Waals surface area contributed by atoms with Crippen LogP contribution in [0.1, 0.15) is 10.4 Å². The van der Waals surface area contributed by atoms with Crippen molar-refractivity contribution in [2.24, 2.45) is 0 Å². The van der Waals surface area contributed by atoms with Crippen LogP contribution in [0, 0.1) is 5.82 Å². The summed E-state index contributed by atoms with van der Waals surface area (Å²) in [6.45, 7) is 0. The van der Waals surface area contributed by atoms with E-state index in [9.17, 15) is 12.8 Å². The smallest absolute Gasteiger partial charge is 0.263 e. The first-order chi connectivity index (χ1) is 12.4. The summed E-state index contributed by atoms with van der Waals surface area (Å²) < 4.78 is 45.3. The van der Waals surface area contributed by atoms with Crippen LogP contribution in [-0.4, -0.2) is 20.5 Å². The van der Waals surface area contributed by atoms with Gasteiger partial charge in [-0.1, -0.05) is 23.7 Å². The van der Waals surface area contributed by atoms with Crippen LogP contribution in [0.4, 0.5) is 9.52 Å². The molecule has 0 saturated heterocycles. The van der Waals surface area contributed by atoms with Crippen molar-refractivity contribution in [1.29, 1.82) is 0 Å². The summed E-state index contributed by atoms with van der Waals surface area (Å²) in [6.07, 6.45) is 2.13. The Bertz CT molecular complexity index is 1020. The normalized spacial score (nSPS) is 11.3. The lowest BCUT2D eigenvalue weighted by Crippen LogP contribution is -2.12. The van der Waals surface area contributed by atoms with Crippen LogP contribution in [0.5, 0.6) is 5.75 Å². The van der Waals surface area contributed by atoms with Crippen LogP contribution in [0.15, 0.2) is 53.6 Å². The van der Waals surface area contributed by atoms with Gasteiger partial charge in [0.1, 0.15) is 11.6 Å². The predicted molar refractivity (Wildman–Crippen MR) is 100 cm³/mol. The van der Waals surface area contributed by atoms with Gasteiger partial charge in [-0.05, 0) is 35.9 Å². The van der Waals surface area contributed by atoms with Crippen LogP contribution >= 0.6 is 22.9 Å². The lowest BCUT2D eigenvalue weighted by Gasteiger charge is -2.07. The minimum atomic E-state index is -3.82. The van der Waals surface area contributed by atoms with E-state index in [4.69, 9.17) is 16.3 Å². The molecule has 0 spiro atoms. The molecular formula is C17H14ClFN2O3S2. The van der Waals surface area contributed by atoms with E-state index in [1.54, 1.807) is 18.3 Å². The van der Waals surface area contributed by atoms with Gasteiger partial charge >= 0.3 is 0 Å². The molecule has 0 aliphatic heterocycles. The number of hydrogen-bond donors (Lipinski definition) is 1. The molecule has 3 rings (SSSR count). The molecule has 136 valence electrons. The molecule has 0 amide bonds. The average molecular weight is 413 g/mol. The van der Waals surface area contributed by atoms with Crippen molar-refractivity contribution >= 4 is 38.1 Å². The minimum absolute atomic E-state index is 0.0126. The molecule has 9 heteroatoms. The van der Waals surface area contributed by atoms with E-state index in [2.05, 4.69) is 9.71 Å². The number of methoxy groups -OCH3 is 1. The summed E-state index contributed by atoms with van der Waals surface area (Å²) in [6, 6.07) is 10.3. The second-order valence-corrected chi connectivity index (χ2v) is 8.54. The molecule has 0 unspecified atom stereocenters. The molecule has 2 aromatic carbocycles. The van der Waals surface area contributed by atoms with Crippen molar-refractivity contribution in [1.82, 2.24) is 4.98 Å². The number of nitrogens with one attached hydrogen (secondary N) is 1. The number of benzene rings is 2. The Balaban J connectivity index is 1.75. The maximum Gasteiger partial charge on any atom is 0.263 e. The zero-order valence-corrected chi connectivity index (χ0v) is 16.0. The highest BCUT2D eigenvalue weighted by molar-refractivity contribution is 7.93. The minimum Gasteiger partial charge on any atom is -0.495 e. The summed E-state index contributed by atoms with van der Waals surface area (Å²) in [7, 11) is -2.37. The Morgan fingerprint density at radius 1 is 1.23 bits per heavy atom. The average Bonchev–Trinajstić information content (AvgIpc) is 3.03. The molecule has 1 aromatic heterocycles. The van der Waals surface area contributed by atoms with Crippen molar-refractivity contribution in [3.63, 3.8) is 0 Å². The Morgan fingerprint density at radius 3 is 2.62 bits per heavy atom. The molecule has 5 nitrogen and oxygen atoms in total. The maximum absolute atomic E-state index is 12.9.